The number of methoxy groups -OCH3 is 1. The number of rotatable bonds is 6. The molecule has 2 aromatic rings. The zero-order valence-electron chi connectivity index (χ0n) is 17.3. The summed E-state index contributed by atoms with van der Waals surface area (Å²) in [5.74, 6) is 1.65. The molecule has 1 unspecified atom stereocenters. The van der Waals surface area contributed by atoms with E-state index in [1.165, 1.54) is 24.0 Å². The lowest BCUT2D eigenvalue weighted by Crippen LogP contribution is -2.49. The van der Waals surface area contributed by atoms with Crippen molar-refractivity contribution in [2.75, 3.05) is 26.8 Å². The van der Waals surface area contributed by atoms with Crippen molar-refractivity contribution in [1.82, 2.24) is 14.7 Å². The maximum atomic E-state index is 6.37. The summed E-state index contributed by atoms with van der Waals surface area (Å²) in [6.07, 6.45) is 9.99. The van der Waals surface area contributed by atoms with E-state index in [0.29, 0.717) is 0 Å². The molecule has 2 fully saturated rings. The highest BCUT2D eigenvalue weighted by Crippen LogP contribution is 2.39. The molecule has 2 aliphatic rings. The van der Waals surface area contributed by atoms with E-state index >= 15 is 0 Å². The molecule has 0 bridgehead atoms. The van der Waals surface area contributed by atoms with Crippen LogP contribution in [0, 0.1) is 5.92 Å². The van der Waals surface area contributed by atoms with Crippen LogP contribution in [0.2, 0.25) is 0 Å². The standard InChI is InChI=1S/C23H33N3O2/c1-3-26-18-21(16-24-26)17-25-11-9-23(10-12-25)15-20(8-13-28-23)14-19-4-6-22(27-2)7-5-19/h4-7,16,18,20H,3,8-15,17H2,1-2H3. The largest absolute Gasteiger partial charge is 0.497 e. The topological polar surface area (TPSA) is 39.5 Å². The van der Waals surface area contributed by atoms with Crippen molar-refractivity contribution in [3.63, 3.8) is 0 Å². The lowest BCUT2D eigenvalue weighted by Gasteiger charge is -2.46. The van der Waals surface area contributed by atoms with Crippen LogP contribution in [0.15, 0.2) is 36.7 Å². The first kappa shape index (κ1) is 19.5. The molecule has 2 saturated heterocycles. The first-order chi connectivity index (χ1) is 13.7. The Morgan fingerprint density at radius 1 is 1.18 bits per heavy atom. The van der Waals surface area contributed by atoms with Gasteiger partial charge in [-0.05, 0) is 62.6 Å². The normalized spacial score (nSPS) is 22.4. The second-order valence-electron chi connectivity index (χ2n) is 8.42. The summed E-state index contributed by atoms with van der Waals surface area (Å²) < 4.78 is 13.7. The Kier molecular flexibility index (Phi) is 6.02. The number of aryl methyl sites for hydroxylation is 1. The molecule has 5 nitrogen and oxygen atoms in total. The molecule has 5 heteroatoms. The number of benzene rings is 1. The Morgan fingerprint density at radius 2 is 1.96 bits per heavy atom. The molecule has 0 N–H and O–H groups in total. The van der Waals surface area contributed by atoms with Crippen molar-refractivity contribution in [3.8, 4) is 5.75 Å². The van der Waals surface area contributed by atoms with Crippen LogP contribution in [-0.4, -0.2) is 47.1 Å². The van der Waals surface area contributed by atoms with Crippen LogP contribution in [0.3, 0.4) is 0 Å². The van der Waals surface area contributed by atoms with Crippen molar-refractivity contribution in [3.05, 3.63) is 47.8 Å². The second-order valence-corrected chi connectivity index (χ2v) is 8.42. The molecule has 0 amide bonds. The van der Waals surface area contributed by atoms with Gasteiger partial charge in [0.1, 0.15) is 5.75 Å². The number of piperidine rings is 1. The van der Waals surface area contributed by atoms with Gasteiger partial charge < -0.3 is 9.47 Å². The van der Waals surface area contributed by atoms with E-state index < -0.39 is 0 Å². The van der Waals surface area contributed by atoms with Gasteiger partial charge in [0.05, 0.1) is 18.9 Å². The number of nitrogens with zero attached hydrogens (tertiary/aromatic N) is 3. The fourth-order valence-corrected chi connectivity index (χ4v) is 4.78. The third kappa shape index (κ3) is 4.58. The van der Waals surface area contributed by atoms with Crippen molar-refractivity contribution in [2.24, 2.45) is 5.92 Å². The Balaban J connectivity index is 1.30. The van der Waals surface area contributed by atoms with Crippen molar-refractivity contribution in [2.45, 2.75) is 57.7 Å². The molecule has 0 aliphatic carbocycles. The number of aromatic nitrogens is 2. The van der Waals surface area contributed by atoms with Gasteiger partial charge in [0.15, 0.2) is 0 Å². The fraction of sp³-hybridized carbons (Fsp3) is 0.609. The van der Waals surface area contributed by atoms with E-state index in [2.05, 4.69) is 47.4 Å². The molecule has 4 rings (SSSR count). The minimum absolute atomic E-state index is 0.0967. The first-order valence-corrected chi connectivity index (χ1v) is 10.7. The first-order valence-electron chi connectivity index (χ1n) is 10.7. The van der Waals surface area contributed by atoms with Gasteiger partial charge in [-0.3, -0.25) is 9.58 Å². The molecule has 28 heavy (non-hydrogen) atoms. The van der Waals surface area contributed by atoms with Crippen molar-refractivity contribution < 1.29 is 9.47 Å². The second kappa shape index (κ2) is 8.66. The molecule has 3 heterocycles. The van der Waals surface area contributed by atoms with Crippen molar-refractivity contribution in [1.29, 1.82) is 0 Å². The van der Waals surface area contributed by atoms with Gasteiger partial charge in [-0.25, -0.2) is 0 Å². The van der Waals surface area contributed by atoms with Gasteiger partial charge in [0.25, 0.3) is 0 Å². The van der Waals surface area contributed by atoms with Gasteiger partial charge in [-0.2, -0.15) is 5.10 Å². The zero-order valence-corrected chi connectivity index (χ0v) is 17.3. The summed E-state index contributed by atoms with van der Waals surface area (Å²) in [7, 11) is 1.72. The zero-order chi connectivity index (χ0) is 19.4. The number of likely N-dealkylation sites (tertiary alicyclic amines) is 1. The van der Waals surface area contributed by atoms with E-state index in [-0.39, 0.29) is 5.60 Å². The maximum absolute atomic E-state index is 6.37. The summed E-state index contributed by atoms with van der Waals surface area (Å²) >= 11 is 0. The smallest absolute Gasteiger partial charge is 0.118 e. The lowest BCUT2D eigenvalue weighted by atomic mass is 9.77. The number of ether oxygens (including phenoxy) is 2. The quantitative estimate of drug-likeness (QED) is 0.758. The van der Waals surface area contributed by atoms with Gasteiger partial charge in [0, 0.05) is 44.5 Å². The fourth-order valence-electron chi connectivity index (χ4n) is 4.78. The average Bonchev–Trinajstić information content (AvgIpc) is 3.18. The highest BCUT2D eigenvalue weighted by Gasteiger charge is 2.40. The van der Waals surface area contributed by atoms with Crippen LogP contribution < -0.4 is 4.74 Å². The molecule has 0 saturated carbocycles. The predicted octanol–water partition coefficient (Wildman–Crippen LogP) is 3.92. The van der Waals surface area contributed by atoms with Crippen LogP contribution in [0.5, 0.6) is 5.75 Å². The third-order valence-electron chi connectivity index (χ3n) is 6.46. The summed E-state index contributed by atoms with van der Waals surface area (Å²) in [6, 6.07) is 8.56. The molecule has 152 valence electrons. The summed E-state index contributed by atoms with van der Waals surface area (Å²) in [4.78, 5) is 2.55. The Hall–Kier alpha value is -1.85. The summed E-state index contributed by atoms with van der Waals surface area (Å²) in [6.45, 7) is 7.21. The Labute approximate surface area is 168 Å². The van der Waals surface area contributed by atoms with Crippen LogP contribution in [0.4, 0.5) is 0 Å². The minimum Gasteiger partial charge on any atom is -0.497 e. The highest BCUT2D eigenvalue weighted by molar-refractivity contribution is 5.27. The number of hydrogen-bond donors (Lipinski definition) is 0. The molecule has 0 radical (unpaired) electrons. The van der Waals surface area contributed by atoms with Gasteiger partial charge in [-0.1, -0.05) is 12.1 Å². The van der Waals surface area contributed by atoms with Crippen LogP contribution >= 0.6 is 0 Å². The SMILES string of the molecule is CCn1cc(CN2CCC3(CC2)CC(Cc2ccc(OC)cc2)CCO3)cn1. The van der Waals surface area contributed by atoms with E-state index in [0.717, 1.165) is 63.7 Å². The number of hydrogen-bond acceptors (Lipinski definition) is 4. The van der Waals surface area contributed by atoms with E-state index in [1.807, 2.05) is 10.9 Å². The molecule has 1 aromatic carbocycles. The van der Waals surface area contributed by atoms with Gasteiger partial charge in [0.2, 0.25) is 0 Å². The van der Waals surface area contributed by atoms with Gasteiger partial charge in [-0.15, -0.1) is 0 Å². The van der Waals surface area contributed by atoms with Crippen LogP contribution in [0.1, 0.15) is 43.7 Å². The van der Waals surface area contributed by atoms with Crippen LogP contribution in [0.25, 0.3) is 0 Å². The van der Waals surface area contributed by atoms with E-state index in [9.17, 15) is 0 Å². The Morgan fingerprint density at radius 3 is 2.64 bits per heavy atom. The molecule has 1 atom stereocenters. The predicted molar refractivity (Wildman–Crippen MR) is 111 cm³/mol. The Bertz CT molecular complexity index is 747. The summed E-state index contributed by atoms with van der Waals surface area (Å²) in [5.41, 5.74) is 2.83. The lowest BCUT2D eigenvalue weighted by molar-refractivity contribution is -0.127. The molecule has 1 spiro atoms. The maximum Gasteiger partial charge on any atom is 0.118 e. The molecule has 1 aromatic heterocycles. The monoisotopic (exact) mass is 383 g/mol. The summed E-state index contributed by atoms with van der Waals surface area (Å²) in [5, 5.41) is 4.40. The van der Waals surface area contributed by atoms with E-state index in [4.69, 9.17) is 9.47 Å². The third-order valence-corrected chi connectivity index (χ3v) is 6.46. The molecular formula is C23H33N3O2. The van der Waals surface area contributed by atoms with E-state index in [1.54, 1.807) is 7.11 Å². The van der Waals surface area contributed by atoms with Crippen molar-refractivity contribution >= 4 is 0 Å². The molecular weight excluding hydrogens is 350 g/mol. The average molecular weight is 384 g/mol. The highest BCUT2D eigenvalue weighted by atomic mass is 16.5. The van der Waals surface area contributed by atoms with Crippen LogP contribution in [-0.2, 0) is 24.2 Å². The van der Waals surface area contributed by atoms with Gasteiger partial charge >= 0.3 is 0 Å². The minimum atomic E-state index is 0.0967. The molecule has 2 aliphatic heterocycles.